The zero-order valence-corrected chi connectivity index (χ0v) is 12.3. The molecule has 0 fully saturated rings. The minimum Gasteiger partial charge on any atom is -0.493 e. The molecule has 0 saturated carbocycles. The highest BCUT2D eigenvalue weighted by Crippen LogP contribution is 2.33. The van der Waals surface area contributed by atoms with Gasteiger partial charge in [-0.2, -0.15) is 0 Å². The van der Waals surface area contributed by atoms with Crippen LogP contribution in [-0.4, -0.2) is 25.9 Å². The Bertz CT molecular complexity index is 409. The smallest absolute Gasteiger partial charge is 0.125 e. The van der Waals surface area contributed by atoms with Crippen molar-refractivity contribution in [3.8, 4) is 5.75 Å². The summed E-state index contributed by atoms with van der Waals surface area (Å²) in [7, 11) is 0. The maximum absolute atomic E-state index is 6.14. The number of hydrogen-bond donors (Lipinski definition) is 1. The van der Waals surface area contributed by atoms with Crippen LogP contribution < -0.4 is 10.5 Å². The second kappa shape index (κ2) is 6.55. The normalized spacial score (nSPS) is 15.3. The Kier molecular flexibility index (Phi) is 5.03. The van der Waals surface area contributed by atoms with Gasteiger partial charge in [0.2, 0.25) is 0 Å². The molecule has 18 heavy (non-hydrogen) atoms. The van der Waals surface area contributed by atoms with Crippen molar-refractivity contribution < 1.29 is 9.47 Å². The average molecular weight is 314 g/mol. The Hall–Kier alpha value is -0.580. The molecule has 1 unspecified atom stereocenters. The maximum Gasteiger partial charge on any atom is 0.125 e. The molecule has 1 heterocycles. The molecule has 4 heteroatoms. The number of rotatable bonds is 6. The lowest BCUT2D eigenvalue weighted by atomic mass is 10.0. The molecule has 1 aromatic carbocycles. The SMILES string of the molecule is CCOCCC(N)Cc1cc(Br)cc2c1OCC2. The lowest BCUT2D eigenvalue weighted by Gasteiger charge is -2.14. The molecule has 2 rings (SSSR count). The van der Waals surface area contributed by atoms with Gasteiger partial charge in [-0.3, -0.25) is 0 Å². The van der Waals surface area contributed by atoms with Gasteiger partial charge in [0.1, 0.15) is 5.75 Å². The fourth-order valence-electron chi connectivity index (χ4n) is 2.26. The van der Waals surface area contributed by atoms with Crippen molar-refractivity contribution in [2.75, 3.05) is 19.8 Å². The van der Waals surface area contributed by atoms with Gasteiger partial charge in [-0.25, -0.2) is 0 Å². The first-order valence-corrected chi connectivity index (χ1v) is 7.27. The highest BCUT2D eigenvalue weighted by atomic mass is 79.9. The quantitative estimate of drug-likeness (QED) is 0.821. The van der Waals surface area contributed by atoms with Gasteiger partial charge in [0.05, 0.1) is 6.61 Å². The summed E-state index contributed by atoms with van der Waals surface area (Å²) in [6.07, 6.45) is 2.72. The predicted octanol–water partition coefficient (Wildman–Crippen LogP) is 2.68. The van der Waals surface area contributed by atoms with Crippen LogP contribution >= 0.6 is 15.9 Å². The monoisotopic (exact) mass is 313 g/mol. The summed E-state index contributed by atoms with van der Waals surface area (Å²) in [5.41, 5.74) is 8.64. The molecule has 0 aliphatic carbocycles. The van der Waals surface area contributed by atoms with E-state index in [1.165, 1.54) is 11.1 Å². The number of nitrogens with two attached hydrogens (primary N) is 1. The average Bonchev–Trinajstić information content (AvgIpc) is 2.77. The van der Waals surface area contributed by atoms with Crippen molar-refractivity contribution in [3.05, 3.63) is 27.7 Å². The summed E-state index contributed by atoms with van der Waals surface area (Å²) in [6, 6.07) is 4.38. The minimum atomic E-state index is 0.124. The Morgan fingerprint density at radius 3 is 3.11 bits per heavy atom. The van der Waals surface area contributed by atoms with Crippen LogP contribution in [0, 0.1) is 0 Å². The molecule has 0 amide bonds. The van der Waals surface area contributed by atoms with Crippen molar-refractivity contribution in [1.29, 1.82) is 0 Å². The molecular formula is C14H20BrNO2. The van der Waals surface area contributed by atoms with Crippen LogP contribution in [0.2, 0.25) is 0 Å². The van der Waals surface area contributed by atoms with Gasteiger partial charge in [0.15, 0.2) is 0 Å². The Balaban J connectivity index is 2.00. The number of fused-ring (bicyclic) bond motifs is 1. The third kappa shape index (κ3) is 3.46. The van der Waals surface area contributed by atoms with E-state index in [1.807, 2.05) is 6.92 Å². The molecule has 0 bridgehead atoms. The van der Waals surface area contributed by atoms with Crippen LogP contribution in [0.3, 0.4) is 0 Å². The molecule has 3 nitrogen and oxygen atoms in total. The number of hydrogen-bond acceptors (Lipinski definition) is 3. The van der Waals surface area contributed by atoms with E-state index in [9.17, 15) is 0 Å². The number of ether oxygens (including phenoxy) is 2. The van der Waals surface area contributed by atoms with Gasteiger partial charge in [-0.15, -0.1) is 0 Å². The summed E-state index contributed by atoms with van der Waals surface area (Å²) in [6.45, 7) is 4.27. The molecule has 1 aliphatic rings. The summed E-state index contributed by atoms with van der Waals surface area (Å²) in [5, 5.41) is 0. The van der Waals surface area contributed by atoms with Crippen molar-refractivity contribution in [1.82, 2.24) is 0 Å². The highest BCUT2D eigenvalue weighted by molar-refractivity contribution is 9.10. The van der Waals surface area contributed by atoms with E-state index in [1.54, 1.807) is 0 Å². The third-order valence-corrected chi connectivity index (χ3v) is 3.60. The van der Waals surface area contributed by atoms with Crippen LogP contribution in [0.15, 0.2) is 16.6 Å². The van der Waals surface area contributed by atoms with E-state index >= 15 is 0 Å². The number of benzene rings is 1. The fraction of sp³-hybridized carbons (Fsp3) is 0.571. The van der Waals surface area contributed by atoms with Crippen molar-refractivity contribution in [2.24, 2.45) is 5.73 Å². The third-order valence-electron chi connectivity index (χ3n) is 3.14. The minimum absolute atomic E-state index is 0.124. The Morgan fingerprint density at radius 2 is 2.33 bits per heavy atom. The molecule has 1 atom stereocenters. The van der Waals surface area contributed by atoms with Crippen LogP contribution in [0.1, 0.15) is 24.5 Å². The first kappa shape index (κ1) is 13.8. The summed E-state index contributed by atoms with van der Waals surface area (Å²) in [4.78, 5) is 0. The molecule has 0 saturated heterocycles. The maximum atomic E-state index is 6.14. The first-order valence-electron chi connectivity index (χ1n) is 6.48. The molecule has 1 aromatic rings. The van der Waals surface area contributed by atoms with Crippen molar-refractivity contribution >= 4 is 15.9 Å². The van der Waals surface area contributed by atoms with Crippen molar-refractivity contribution in [3.63, 3.8) is 0 Å². The van der Waals surface area contributed by atoms with Crippen LogP contribution in [0.5, 0.6) is 5.75 Å². The fourth-order valence-corrected chi connectivity index (χ4v) is 2.81. The lowest BCUT2D eigenvalue weighted by molar-refractivity contribution is 0.140. The van der Waals surface area contributed by atoms with Crippen LogP contribution in [0.25, 0.3) is 0 Å². The topological polar surface area (TPSA) is 44.5 Å². The van der Waals surface area contributed by atoms with E-state index in [0.717, 1.165) is 49.3 Å². The molecule has 0 spiro atoms. The predicted molar refractivity (Wildman–Crippen MR) is 76.1 cm³/mol. The summed E-state index contributed by atoms with van der Waals surface area (Å²) < 4.78 is 12.2. The van der Waals surface area contributed by atoms with E-state index < -0.39 is 0 Å². The molecule has 0 aromatic heterocycles. The van der Waals surface area contributed by atoms with Gasteiger partial charge in [0, 0.05) is 30.1 Å². The van der Waals surface area contributed by atoms with Crippen LogP contribution in [0.4, 0.5) is 0 Å². The van der Waals surface area contributed by atoms with Crippen molar-refractivity contribution in [2.45, 2.75) is 32.2 Å². The molecule has 1 aliphatic heterocycles. The first-order chi connectivity index (χ1) is 8.70. The molecule has 100 valence electrons. The van der Waals surface area contributed by atoms with Crippen LogP contribution in [-0.2, 0) is 17.6 Å². The zero-order chi connectivity index (χ0) is 13.0. The second-order valence-corrected chi connectivity index (χ2v) is 5.52. The Labute approximate surface area is 117 Å². The molecule has 0 radical (unpaired) electrons. The van der Waals surface area contributed by atoms with E-state index in [-0.39, 0.29) is 6.04 Å². The summed E-state index contributed by atoms with van der Waals surface area (Å²) in [5.74, 6) is 1.05. The zero-order valence-electron chi connectivity index (χ0n) is 10.7. The number of halogens is 1. The molecule has 2 N–H and O–H groups in total. The Morgan fingerprint density at radius 1 is 1.50 bits per heavy atom. The van der Waals surface area contributed by atoms with E-state index in [0.29, 0.717) is 0 Å². The van der Waals surface area contributed by atoms with Gasteiger partial charge in [0.25, 0.3) is 0 Å². The van der Waals surface area contributed by atoms with Gasteiger partial charge >= 0.3 is 0 Å². The standard InChI is InChI=1S/C14H20BrNO2/c1-2-17-5-4-13(16)9-11-8-12(15)7-10-3-6-18-14(10)11/h7-8,13H,2-6,9,16H2,1H3. The molecular weight excluding hydrogens is 294 g/mol. The van der Waals surface area contributed by atoms with E-state index in [2.05, 4.69) is 28.1 Å². The van der Waals surface area contributed by atoms with E-state index in [4.69, 9.17) is 15.2 Å². The van der Waals surface area contributed by atoms with Gasteiger partial charge < -0.3 is 15.2 Å². The largest absolute Gasteiger partial charge is 0.493 e. The summed E-state index contributed by atoms with van der Waals surface area (Å²) >= 11 is 3.55. The second-order valence-electron chi connectivity index (χ2n) is 4.60. The van der Waals surface area contributed by atoms with Gasteiger partial charge in [-0.1, -0.05) is 15.9 Å². The lowest BCUT2D eigenvalue weighted by Crippen LogP contribution is -2.25. The highest BCUT2D eigenvalue weighted by Gasteiger charge is 2.18. The van der Waals surface area contributed by atoms with Gasteiger partial charge in [-0.05, 0) is 43.0 Å².